The quantitative estimate of drug-likeness (QED) is 0.575. The molecule has 0 bridgehead atoms. The smallest absolute Gasteiger partial charge is 0.00742 e. The van der Waals surface area contributed by atoms with Gasteiger partial charge in [0.15, 0.2) is 0 Å². The van der Waals surface area contributed by atoms with Gasteiger partial charge in [0.1, 0.15) is 0 Å². The zero-order chi connectivity index (χ0) is 7.82. The third-order valence-electron chi connectivity index (χ3n) is 1.40. The number of allylic oxidation sites excluding steroid dienone is 1. The van der Waals surface area contributed by atoms with E-state index in [-0.39, 0.29) is 0 Å². The molecule has 10 heavy (non-hydrogen) atoms. The Morgan fingerprint density at radius 1 is 1.00 bits per heavy atom. The third-order valence-corrected chi connectivity index (χ3v) is 1.40. The first kappa shape index (κ1) is 9.66. The van der Waals surface area contributed by atoms with Crippen molar-refractivity contribution in [2.24, 2.45) is 11.5 Å². The standard InChI is InChI=1S/C8H17N2/c1-8(4-2-6-9)5-3-7-10/h1H,2-7,9-10H2. The van der Waals surface area contributed by atoms with Crippen molar-refractivity contribution < 1.29 is 0 Å². The first-order valence-electron chi connectivity index (χ1n) is 3.81. The van der Waals surface area contributed by atoms with E-state index in [0.29, 0.717) is 0 Å². The minimum Gasteiger partial charge on any atom is -0.330 e. The highest BCUT2D eigenvalue weighted by molar-refractivity contribution is 4.90. The van der Waals surface area contributed by atoms with Crippen LogP contribution >= 0.6 is 0 Å². The lowest BCUT2D eigenvalue weighted by atomic mass is 10.1. The molecule has 0 aliphatic carbocycles. The molecular weight excluding hydrogens is 124 g/mol. The van der Waals surface area contributed by atoms with Gasteiger partial charge in [0.25, 0.3) is 0 Å². The van der Waals surface area contributed by atoms with E-state index in [1.807, 2.05) is 0 Å². The Morgan fingerprint density at radius 2 is 1.40 bits per heavy atom. The summed E-state index contributed by atoms with van der Waals surface area (Å²) in [5.74, 6) is 0. The summed E-state index contributed by atoms with van der Waals surface area (Å²) >= 11 is 0. The molecule has 0 aliphatic rings. The summed E-state index contributed by atoms with van der Waals surface area (Å²) in [4.78, 5) is 0. The first-order valence-corrected chi connectivity index (χ1v) is 3.81. The molecule has 0 spiro atoms. The zero-order valence-electron chi connectivity index (χ0n) is 6.47. The second-order valence-corrected chi connectivity index (χ2v) is 2.44. The molecule has 0 amide bonds. The van der Waals surface area contributed by atoms with E-state index in [9.17, 15) is 0 Å². The van der Waals surface area contributed by atoms with Crippen molar-refractivity contribution >= 4 is 0 Å². The van der Waals surface area contributed by atoms with Crippen LogP contribution in [-0.4, -0.2) is 13.1 Å². The predicted molar refractivity (Wildman–Crippen MR) is 44.4 cm³/mol. The van der Waals surface area contributed by atoms with Gasteiger partial charge in [-0.3, -0.25) is 0 Å². The van der Waals surface area contributed by atoms with Crippen LogP contribution in [0.1, 0.15) is 25.7 Å². The highest BCUT2D eigenvalue weighted by Gasteiger charge is 1.92. The Labute approximate surface area is 63.3 Å². The molecule has 0 rings (SSSR count). The second kappa shape index (κ2) is 6.78. The summed E-state index contributed by atoms with van der Waals surface area (Å²) in [5, 5.41) is 0. The second-order valence-electron chi connectivity index (χ2n) is 2.44. The summed E-state index contributed by atoms with van der Waals surface area (Å²) < 4.78 is 0. The van der Waals surface area contributed by atoms with Gasteiger partial charge in [-0.25, -0.2) is 0 Å². The van der Waals surface area contributed by atoms with Crippen LogP contribution in [0.2, 0.25) is 0 Å². The third kappa shape index (κ3) is 5.79. The molecule has 0 aliphatic heterocycles. The molecule has 0 aromatic rings. The molecule has 0 fully saturated rings. The van der Waals surface area contributed by atoms with E-state index >= 15 is 0 Å². The van der Waals surface area contributed by atoms with Crippen molar-refractivity contribution in [1.82, 2.24) is 0 Å². The summed E-state index contributed by atoms with van der Waals surface area (Å²) in [6, 6.07) is 0. The lowest BCUT2D eigenvalue weighted by molar-refractivity contribution is 0.744. The van der Waals surface area contributed by atoms with Gasteiger partial charge in [-0.15, -0.1) is 0 Å². The molecular formula is C8H17N2. The van der Waals surface area contributed by atoms with Crippen LogP contribution in [0.25, 0.3) is 0 Å². The van der Waals surface area contributed by atoms with Gasteiger partial charge in [-0.2, -0.15) is 0 Å². The Balaban J connectivity index is 3.09. The molecule has 0 unspecified atom stereocenters. The summed E-state index contributed by atoms with van der Waals surface area (Å²) in [5.41, 5.74) is 11.7. The minimum absolute atomic E-state index is 0.726. The van der Waals surface area contributed by atoms with E-state index < -0.39 is 0 Å². The fourth-order valence-electron chi connectivity index (χ4n) is 0.783. The maximum absolute atomic E-state index is 5.65. The van der Waals surface area contributed by atoms with Crippen LogP contribution in [0.15, 0.2) is 5.57 Å². The largest absolute Gasteiger partial charge is 0.330 e. The number of nitrogens with two attached hydrogens (primary N) is 2. The van der Waals surface area contributed by atoms with Gasteiger partial charge in [0.05, 0.1) is 0 Å². The maximum atomic E-state index is 5.65. The lowest BCUT2D eigenvalue weighted by Gasteiger charge is -2.01. The molecule has 0 atom stereocenters. The highest BCUT2D eigenvalue weighted by atomic mass is 14.5. The first-order chi connectivity index (χ1) is 4.81. The number of hydrogen-bond acceptors (Lipinski definition) is 2. The lowest BCUT2D eigenvalue weighted by Crippen LogP contribution is -2.01. The average molecular weight is 141 g/mol. The van der Waals surface area contributed by atoms with Crippen molar-refractivity contribution in [1.29, 1.82) is 0 Å². The van der Waals surface area contributed by atoms with Crippen molar-refractivity contribution in [2.45, 2.75) is 25.7 Å². The van der Waals surface area contributed by atoms with Crippen molar-refractivity contribution in [3.63, 3.8) is 0 Å². The summed E-state index contributed by atoms with van der Waals surface area (Å²) in [6.07, 6.45) is 3.90. The van der Waals surface area contributed by atoms with Gasteiger partial charge >= 0.3 is 0 Å². The Bertz CT molecular complexity index is 79.3. The normalized spacial score (nSPS) is 9.80. The monoisotopic (exact) mass is 141 g/mol. The highest BCUT2D eigenvalue weighted by Crippen LogP contribution is 2.07. The number of hydrogen-bond donors (Lipinski definition) is 2. The SMILES string of the molecule is [CH]=C(CCCN)CCCN. The molecule has 1 radical (unpaired) electrons. The van der Waals surface area contributed by atoms with Crippen LogP contribution in [0.3, 0.4) is 0 Å². The van der Waals surface area contributed by atoms with Gasteiger partial charge in [0, 0.05) is 0 Å². The van der Waals surface area contributed by atoms with Gasteiger partial charge < -0.3 is 11.5 Å². The summed E-state index contributed by atoms with van der Waals surface area (Å²) in [6.45, 7) is 7.10. The van der Waals surface area contributed by atoms with Crippen LogP contribution in [0.5, 0.6) is 0 Å². The molecule has 59 valence electrons. The van der Waals surface area contributed by atoms with Gasteiger partial charge in [-0.05, 0) is 38.8 Å². The molecule has 2 heteroatoms. The van der Waals surface area contributed by atoms with Crippen molar-refractivity contribution in [3.8, 4) is 0 Å². The van der Waals surface area contributed by atoms with Gasteiger partial charge in [-0.1, -0.05) is 12.2 Å². The molecule has 0 saturated heterocycles. The van der Waals surface area contributed by atoms with Crippen molar-refractivity contribution in [3.05, 3.63) is 12.2 Å². The Morgan fingerprint density at radius 3 is 1.70 bits per heavy atom. The van der Waals surface area contributed by atoms with Crippen LogP contribution < -0.4 is 11.5 Å². The molecule has 0 aromatic heterocycles. The summed E-state index contributed by atoms with van der Waals surface area (Å²) in [7, 11) is 0. The molecule has 4 N–H and O–H groups in total. The molecule has 2 nitrogen and oxygen atoms in total. The Hall–Kier alpha value is -0.340. The average Bonchev–Trinajstić information content (AvgIpc) is 1.97. The van der Waals surface area contributed by atoms with Gasteiger partial charge in [0.2, 0.25) is 0 Å². The van der Waals surface area contributed by atoms with Crippen LogP contribution in [0, 0.1) is 6.58 Å². The van der Waals surface area contributed by atoms with E-state index in [1.54, 1.807) is 0 Å². The fourth-order valence-corrected chi connectivity index (χ4v) is 0.783. The van der Waals surface area contributed by atoms with Crippen LogP contribution in [-0.2, 0) is 0 Å². The molecule has 0 heterocycles. The Kier molecular flexibility index (Phi) is 6.55. The van der Waals surface area contributed by atoms with E-state index in [0.717, 1.165) is 44.3 Å². The minimum atomic E-state index is 0.726. The molecule has 0 aromatic carbocycles. The maximum Gasteiger partial charge on any atom is -0.00742 e. The topological polar surface area (TPSA) is 52.0 Å². The zero-order valence-corrected chi connectivity index (χ0v) is 6.47. The predicted octanol–water partition coefficient (Wildman–Crippen LogP) is 0.824. The fraction of sp³-hybridized carbons (Fsp3) is 0.750. The van der Waals surface area contributed by atoms with E-state index in [1.165, 1.54) is 0 Å². The van der Waals surface area contributed by atoms with Crippen molar-refractivity contribution in [2.75, 3.05) is 13.1 Å². The number of rotatable bonds is 6. The van der Waals surface area contributed by atoms with Crippen LogP contribution in [0.4, 0.5) is 0 Å². The molecule has 0 saturated carbocycles. The van der Waals surface area contributed by atoms with E-state index in [4.69, 9.17) is 18.0 Å². The van der Waals surface area contributed by atoms with E-state index in [2.05, 4.69) is 0 Å².